The van der Waals surface area contributed by atoms with Crippen molar-refractivity contribution >= 4 is 28.4 Å². The zero-order valence-electron chi connectivity index (χ0n) is 22.8. The molecule has 0 aliphatic carbocycles. The number of piperidine rings is 1. The number of Topliss-reactive ketones (excluding diaryl/α,β-unsaturated/α-hetero) is 1. The van der Waals surface area contributed by atoms with Crippen LogP contribution in [0.15, 0.2) is 66.7 Å². The van der Waals surface area contributed by atoms with E-state index >= 15 is 0 Å². The van der Waals surface area contributed by atoms with Crippen molar-refractivity contribution < 1.29 is 9.53 Å². The van der Waals surface area contributed by atoms with Crippen molar-refractivity contribution in [1.29, 1.82) is 0 Å². The summed E-state index contributed by atoms with van der Waals surface area (Å²) in [7, 11) is 0. The normalized spacial score (nSPS) is 14.6. The van der Waals surface area contributed by atoms with Gasteiger partial charge in [-0.05, 0) is 106 Å². The molecule has 1 aromatic heterocycles. The zero-order chi connectivity index (χ0) is 27.0. The van der Waals surface area contributed by atoms with E-state index in [1.54, 1.807) is 0 Å². The Bertz CT molecular complexity index is 1360. The Morgan fingerprint density at radius 1 is 1.03 bits per heavy atom. The lowest BCUT2D eigenvalue weighted by molar-refractivity contribution is 0.0970. The predicted molar refractivity (Wildman–Crippen MR) is 159 cm³/mol. The molecule has 5 nitrogen and oxygen atoms in total. The van der Waals surface area contributed by atoms with Gasteiger partial charge >= 0.3 is 0 Å². The molecule has 39 heavy (non-hydrogen) atoms. The minimum atomic E-state index is 0.260. The minimum Gasteiger partial charge on any atom is -0.486 e. The van der Waals surface area contributed by atoms with E-state index in [9.17, 15) is 4.79 Å². The first-order valence-electron chi connectivity index (χ1n) is 14.2. The number of likely N-dealkylation sites (tertiary alicyclic amines) is 1. The number of aromatic amines is 1. The van der Waals surface area contributed by atoms with E-state index < -0.39 is 0 Å². The maximum Gasteiger partial charge on any atom is 0.162 e. The summed E-state index contributed by atoms with van der Waals surface area (Å²) in [6.45, 7) is 5.92. The molecule has 0 saturated carbocycles. The molecule has 0 bridgehead atoms. The first-order chi connectivity index (χ1) is 19.0. The maximum absolute atomic E-state index is 12.3. The lowest BCUT2D eigenvalue weighted by Gasteiger charge is -2.32. The number of rotatable bonds is 12. The van der Waals surface area contributed by atoms with E-state index in [2.05, 4.69) is 28.9 Å². The summed E-state index contributed by atoms with van der Waals surface area (Å²) in [6, 6.07) is 21.4. The Hall–Kier alpha value is -3.15. The highest BCUT2D eigenvalue weighted by atomic mass is 35.5. The van der Waals surface area contributed by atoms with Crippen LogP contribution in [0.1, 0.15) is 65.8 Å². The second kappa shape index (κ2) is 13.3. The van der Waals surface area contributed by atoms with Crippen LogP contribution in [0.4, 0.5) is 0 Å². The molecular formula is C33H38ClN3O2. The number of hydrogen-bond donors (Lipinski definition) is 1. The van der Waals surface area contributed by atoms with E-state index in [4.69, 9.17) is 21.3 Å². The number of carbonyl (C=O) groups excluding carboxylic acids is 1. The van der Waals surface area contributed by atoms with Crippen molar-refractivity contribution in [3.05, 3.63) is 94.3 Å². The fourth-order valence-electron chi connectivity index (χ4n) is 5.64. The minimum absolute atomic E-state index is 0.260. The number of hydrogen-bond acceptors (Lipinski definition) is 4. The van der Waals surface area contributed by atoms with Gasteiger partial charge in [0.05, 0.1) is 11.0 Å². The number of fused-ring (bicyclic) bond motifs is 1. The van der Waals surface area contributed by atoms with Crippen molar-refractivity contribution in [2.75, 3.05) is 19.6 Å². The number of H-pyrrole nitrogens is 1. The molecule has 0 atom stereocenters. The van der Waals surface area contributed by atoms with Gasteiger partial charge in [0.15, 0.2) is 5.78 Å². The smallest absolute Gasteiger partial charge is 0.162 e. The molecule has 1 fully saturated rings. The maximum atomic E-state index is 12.3. The third-order valence-electron chi connectivity index (χ3n) is 8.00. The Morgan fingerprint density at radius 3 is 2.56 bits per heavy atom. The zero-order valence-corrected chi connectivity index (χ0v) is 23.6. The van der Waals surface area contributed by atoms with Gasteiger partial charge in [-0.25, -0.2) is 4.98 Å². The van der Waals surface area contributed by atoms with Gasteiger partial charge in [0.1, 0.15) is 18.2 Å². The van der Waals surface area contributed by atoms with Crippen LogP contribution in [0.2, 0.25) is 5.02 Å². The molecule has 0 radical (unpaired) electrons. The third-order valence-corrected chi connectivity index (χ3v) is 8.25. The average molecular weight is 544 g/mol. The van der Waals surface area contributed by atoms with Crippen LogP contribution in [0, 0.1) is 12.8 Å². The summed E-state index contributed by atoms with van der Waals surface area (Å²) in [5.41, 5.74) is 5.59. The van der Waals surface area contributed by atoms with Crippen molar-refractivity contribution in [3.63, 3.8) is 0 Å². The summed E-state index contributed by atoms with van der Waals surface area (Å²) < 4.78 is 5.87. The number of aryl methyl sites for hydroxylation is 2. The SMILES string of the molecule is Cc1c(CCCC2CCN(CCCC(=O)c3ccccc3)CC2)ccc2[nH]c(COc3ccc(Cl)cc3)nc12. The molecule has 204 valence electrons. The van der Waals surface area contributed by atoms with E-state index in [1.807, 2.05) is 54.6 Å². The molecule has 1 aliphatic rings. The summed E-state index contributed by atoms with van der Waals surface area (Å²) in [6.07, 6.45) is 7.69. The topological polar surface area (TPSA) is 58.2 Å². The molecule has 2 heterocycles. The van der Waals surface area contributed by atoms with Crippen LogP contribution in [-0.4, -0.2) is 40.3 Å². The number of carbonyl (C=O) groups is 1. The molecule has 4 aromatic rings. The lowest BCUT2D eigenvalue weighted by Crippen LogP contribution is -2.34. The van der Waals surface area contributed by atoms with E-state index in [-0.39, 0.29) is 5.78 Å². The van der Waals surface area contributed by atoms with Gasteiger partial charge in [-0.1, -0.05) is 54.4 Å². The van der Waals surface area contributed by atoms with Crippen LogP contribution in [-0.2, 0) is 13.0 Å². The van der Waals surface area contributed by atoms with Crippen LogP contribution in [0.3, 0.4) is 0 Å². The first-order valence-corrected chi connectivity index (χ1v) is 14.6. The van der Waals surface area contributed by atoms with Crippen molar-refractivity contribution in [3.8, 4) is 5.75 Å². The first kappa shape index (κ1) is 27.4. The van der Waals surface area contributed by atoms with Crippen LogP contribution in [0.5, 0.6) is 5.75 Å². The highest BCUT2D eigenvalue weighted by Crippen LogP contribution is 2.26. The van der Waals surface area contributed by atoms with Gasteiger partial charge in [-0.15, -0.1) is 0 Å². The monoisotopic (exact) mass is 543 g/mol. The van der Waals surface area contributed by atoms with Crippen molar-refractivity contribution in [2.45, 2.75) is 58.5 Å². The van der Waals surface area contributed by atoms with E-state index in [0.717, 1.165) is 66.6 Å². The van der Waals surface area contributed by atoms with Gasteiger partial charge in [0.25, 0.3) is 0 Å². The van der Waals surface area contributed by atoms with E-state index in [1.165, 1.54) is 36.8 Å². The largest absolute Gasteiger partial charge is 0.486 e. The number of imidazole rings is 1. The number of nitrogens with zero attached hydrogens (tertiary/aromatic N) is 2. The van der Waals surface area contributed by atoms with Gasteiger partial charge in [0.2, 0.25) is 0 Å². The molecule has 1 saturated heterocycles. The number of benzene rings is 3. The molecule has 5 rings (SSSR count). The summed E-state index contributed by atoms with van der Waals surface area (Å²) in [5.74, 6) is 2.67. The Balaban J connectivity index is 1.03. The van der Waals surface area contributed by atoms with Crippen molar-refractivity contribution in [2.24, 2.45) is 5.92 Å². The quantitative estimate of drug-likeness (QED) is 0.185. The second-order valence-electron chi connectivity index (χ2n) is 10.7. The summed E-state index contributed by atoms with van der Waals surface area (Å²) >= 11 is 5.96. The van der Waals surface area contributed by atoms with Crippen LogP contribution < -0.4 is 4.74 Å². The Kier molecular flexibility index (Phi) is 9.33. The number of aromatic nitrogens is 2. The molecule has 0 spiro atoms. The molecule has 0 amide bonds. The molecule has 6 heteroatoms. The van der Waals surface area contributed by atoms with Gasteiger partial charge < -0.3 is 14.6 Å². The lowest BCUT2D eigenvalue weighted by atomic mass is 9.90. The third kappa shape index (κ3) is 7.49. The predicted octanol–water partition coefficient (Wildman–Crippen LogP) is 7.80. The highest BCUT2D eigenvalue weighted by Gasteiger charge is 2.19. The molecule has 1 aliphatic heterocycles. The van der Waals surface area contributed by atoms with Crippen LogP contribution >= 0.6 is 11.6 Å². The van der Waals surface area contributed by atoms with Crippen LogP contribution in [0.25, 0.3) is 11.0 Å². The van der Waals surface area contributed by atoms with Gasteiger partial charge in [0, 0.05) is 17.0 Å². The van der Waals surface area contributed by atoms with Gasteiger partial charge in [-0.3, -0.25) is 4.79 Å². The summed E-state index contributed by atoms with van der Waals surface area (Å²) in [5, 5.41) is 0.698. The van der Waals surface area contributed by atoms with Crippen molar-refractivity contribution in [1.82, 2.24) is 14.9 Å². The van der Waals surface area contributed by atoms with E-state index in [0.29, 0.717) is 18.1 Å². The second-order valence-corrected chi connectivity index (χ2v) is 11.2. The standard InChI is InChI=1S/C33H38ClN3O2/c1-24-26(12-17-30-33(24)36-32(35-30)23-39-29-15-13-28(34)14-16-29)10-5-7-25-18-21-37(22-19-25)20-6-11-31(38)27-8-3-2-4-9-27/h2-4,8-9,12-17,25H,5-7,10-11,18-23H2,1H3,(H,35,36). The molecule has 1 N–H and O–H groups in total. The number of halogens is 1. The molecule has 3 aromatic carbocycles. The Morgan fingerprint density at radius 2 is 1.79 bits per heavy atom. The molecular weight excluding hydrogens is 506 g/mol. The van der Waals surface area contributed by atoms with Gasteiger partial charge in [-0.2, -0.15) is 0 Å². The fraction of sp³-hybridized carbons (Fsp3) is 0.394. The number of nitrogens with one attached hydrogen (secondary N) is 1. The fourth-order valence-corrected chi connectivity index (χ4v) is 5.76. The molecule has 0 unspecified atom stereocenters. The summed E-state index contributed by atoms with van der Waals surface area (Å²) in [4.78, 5) is 23.1. The number of ketones is 1. The average Bonchev–Trinajstić information content (AvgIpc) is 3.39. The number of ether oxygens (including phenoxy) is 1. The highest BCUT2D eigenvalue weighted by molar-refractivity contribution is 6.30. The Labute approximate surface area is 236 Å².